The van der Waals surface area contributed by atoms with Gasteiger partial charge in [-0.3, -0.25) is 0 Å². The van der Waals surface area contributed by atoms with Crippen molar-refractivity contribution < 1.29 is 24.8 Å². The summed E-state index contributed by atoms with van der Waals surface area (Å²) in [5.74, 6) is 0.361. The van der Waals surface area contributed by atoms with Gasteiger partial charge in [-0.05, 0) is 17.7 Å². The molecule has 6 nitrogen and oxygen atoms in total. The van der Waals surface area contributed by atoms with E-state index in [0.29, 0.717) is 17.9 Å². The number of nitrogens with zero attached hydrogens (tertiary/aromatic N) is 1. The van der Waals surface area contributed by atoms with Gasteiger partial charge in [0, 0.05) is 23.8 Å². The lowest BCUT2D eigenvalue weighted by atomic mass is 9.86. The molecule has 5 atom stereocenters. The van der Waals surface area contributed by atoms with Crippen LogP contribution in [0, 0.1) is 0 Å². The van der Waals surface area contributed by atoms with E-state index in [1.807, 2.05) is 36.4 Å². The molecule has 1 saturated heterocycles. The van der Waals surface area contributed by atoms with Gasteiger partial charge in [-0.15, -0.1) is 11.3 Å². The molecule has 144 valence electrons. The van der Waals surface area contributed by atoms with Crippen LogP contribution in [0.3, 0.4) is 0 Å². The molecule has 1 fully saturated rings. The van der Waals surface area contributed by atoms with Crippen LogP contribution in [-0.2, 0) is 21.6 Å². The summed E-state index contributed by atoms with van der Waals surface area (Å²) in [4.78, 5) is 5.65. The summed E-state index contributed by atoms with van der Waals surface area (Å²) >= 11 is 7.54. The molecule has 1 aromatic heterocycles. The molecule has 0 spiro atoms. The number of fused-ring (bicyclic) bond motifs is 1. The zero-order chi connectivity index (χ0) is 19.2. The van der Waals surface area contributed by atoms with Crippen molar-refractivity contribution in [2.75, 3.05) is 6.61 Å². The third-order valence-corrected chi connectivity index (χ3v) is 6.14. The first-order valence-corrected chi connectivity index (χ1v) is 9.84. The maximum atomic E-state index is 10.5. The quantitative estimate of drug-likeness (QED) is 0.719. The van der Waals surface area contributed by atoms with Gasteiger partial charge in [0.2, 0.25) is 5.72 Å². The lowest BCUT2D eigenvalue weighted by Gasteiger charge is -2.44. The molecule has 0 radical (unpaired) electrons. The van der Waals surface area contributed by atoms with E-state index in [0.717, 1.165) is 14.8 Å². The SMILES string of the molecule is CC1=NC2(c3cccc(Cc4ccc(Cl)s4)c3)O[C@H](CO)[C@@H](O)[C@H](O)C2O1. The number of aliphatic hydroxyl groups excluding tert-OH is 3. The third-order valence-electron chi connectivity index (χ3n) is 4.91. The Morgan fingerprint density at radius 1 is 1.22 bits per heavy atom. The summed E-state index contributed by atoms with van der Waals surface area (Å²) in [6, 6.07) is 11.5. The highest BCUT2D eigenvalue weighted by Gasteiger charge is 2.59. The smallest absolute Gasteiger partial charge is 0.228 e. The molecular weight excluding hydrogens is 390 g/mol. The van der Waals surface area contributed by atoms with Crippen LogP contribution in [0.25, 0.3) is 0 Å². The van der Waals surface area contributed by atoms with E-state index in [4.69, 9.17) is 21.1 Å². The van der Waals surface area contributed by atoms with Crippen LogP contribution in [0.2, 0.25) is 4.34 Å². The topological polar surface area (TPSA) is 91.5 Å². The minimum atomic E-state index is -1.31. The first kappa shape index (κ1) is 18.9. The second kappa shape index (κ2) is 7.16. The van der Waals surface area contributed by atoms with E-state index < -0.39 is 36.7 Å². The molecule has 0 bridgehead atoms. The van der Waals surface area contributed by atoms with Crippen LogP contribution >= 0.6 is 22.9 Å². The number of halogens is 1. The molecule has 8 heteroatoms. The number of aliphatic imine (C=N–C) groups is 1. The minimum Gasteiger partial charge on any atom is -0.469 e. The molecule has 3 N–H and O–H groups in total. The molecule has 2 unspecified atom stereocenters. The van der Waals surface area contributed by atoms with Gasteiger partial charge in [0.1, 0.15) is 18.3 Å². The molecule has 2 aromatic rings. The molecule has 2 aliphatic rings. The second-order valence-electron chi connectivity index (χ2n) is 6.77. The summed E-state index contributed by atoms with van der Waals surface area (Å²) in [6.07, 6.45) is -3.65. The van der Waals surface area contributed by atoms with E-state index in [1.54, 1.807) is 6.92 Å². The second-order valence-corrected chi connectivity index (χ2v) is 8.57. The van der Waals surface area contributed by atoms with Crippen LogP contribution in [0.1, 0.15) is 22.9 Å². The molecular formula is C19H20ClNO5S. The monoisotopic (exact) mass is 409 g/mol. The highest BCUT2D eigenvalue weighted by molar-refractivity contribution is 7.16. The number of hydrogen-bond acceptors (Lipinski definition) is 7. The predicted octanol–water partition coefficient (Wildman–Crippen LogP) is 2.08. The Kier molecular flexibility index (Phi) is 5.00. The molecule has 0 amide bonds. The maximum Gasteiger partial charge on any atom is 0.228 e. The Morgan fingerprint density at radius 2 is 2.04 bits per heavy atom. The first-order chi connectivity index (χ1) is 12.9. The van der Waals surface area contributed by atoms with Gasteiger partial charge in [-0.25, -0.2) is 4.99 Å². The number of thiophene rings is 1. The number of hydrogen-bond donors (Lipinski definition) is 3. The first-order valence-electron chi connectivity index (χ1n) is 8.64. The van der Waals surface area contributed by atoms with Crippen molar-refractivity contribution >= 4 is 28.8 Å². The van der Waals surface area contributed by atoms with Crippen LogP contribution in [-0.4, -0.2) is 52.2 Å². The van der Waals surface area contributed by atoms with E-state index in [9.17, 15) is 15.3 Å². The zero-order valence-electron chi connectivity index (χ0n) is 14.6. The van der Waals surface area contributed by atoms with Gasteiger partial charge in [-0.2, -0.15) is 0 Å². The van der Waals surface area contributed by atoms with Crippen molar-refractivity contribution in [3.8, 4) is 0 Å². The van der Waals surface area contributed by atoms with E-state index >= 15 is 0 Å². The molecule has 27 heavy (non-hydrogen) atoms. The van der Waals surface area contributed by atoms with Gasteiger partial charge in [0.05, 0.1) is 10.9 Å². The minimum absolute atomic E-state index is 0.361. The van der Waals surface area contributed by atoms with Crippen LogP contribution in [0.5, 0.6) is 0 Å². The lowest BCUT2D eigenvalue weighted by Crippen LogP contribution is -2.61. The summed E-state index contributed by atoms with van der Waals surface area (Å²) < 4.78 is 12.4. The Bertz CT molecular complexity index is 871. The fourth-order valence-electron chi connectivity index (χ4n) is 3.68. The number of rotatable bonds is 4. The van der Waals surface area contributed by atoms with Crippen molar-refractivity contribution in [3.05, 3.63) is 56.7 Å². The predicted molar refractivity (Wildman–Crippen MR) is 102 cm³/mol. The molecule has 3 heterocycles. The Labute approximate surface area is 165 Å². The lowest BCUT2D eigenvalue weighted by molar-refractivity contribution is -0.262. The average molecular weight is 410 g/mol. The molecule has 2 aliphatic heterocycles. The van der Waals surface area contributed by atoms with Crippen LogP contribution in [0.15, 0.2) is 41.4 Å². The zero-order valence-corrected chi connectivity index (χ0v) is 16.2. The van der Waals surface area contributed by atoms with Gasteiger partial charge < -0.3 is 24.8 Å². The van der Waals surface area contributed by atoms with Crippen molar-refractivity contribution in [2.45, 2.75) is 43.5 Å². The highest BCUT2D eigenvalue weighted by atomic mass is 35.5. The van der Waals surface area contributed by atoms with Gasteiger partial charge in [0.15, 0.2) is 12.0 Å². The van der Waals surface area contributed by atoms with E-state index in [2.05, 4.69) is 4.99 Å². The largest absolute Gasteiger partial charge is 0.469 e. The number of aliphatic hydroxyl groups is 3. The summed E-state index contributed by atoms with van der Waals surface area (Å²) in [7, 11) is 0. The summed E-state index contributed by atoms with van der Waals surface area (Å²) in [5, 5.41) is 30.3. The normalized spacial score (nSPS) is 32.7. The van der Waals surface area contributed by atoms with Crippen molar-refractivity contribution in [1.29, 1.82) is 0 Å². The molecule has 1 aromatic carbocycles. The summed E-state index contributed by atoms with van der Waals surface area (Å²) in [6.45, 7) is 1.24. The molecule has 4 rings (SSSR count). The average Bonchev–Trinajstić information content (AvgIpc) is 3.21. The van der Waals surface area contributed by atoms with Crippen molar-refractivity contribution in [1.82, 2.24) is 0 Å². The maximum absolute atomic E-state index is 10.5. The molecule has 0 aliphatic carbocycles. The fraction of sp³-hybridized carbons (Fsp3) is 0.421. The van der Waals surface area contributed by atoms with E-state index in [-0.39, 0.29) is 0 Å². The Morgan fingerprint density at radius 3 is 2.74 bits per heavy atom. The van der Waals surface area contributed by atoms with Gasteiger partial charge in [-0.1, -0.05) is 35.9 Å². The number of benzene rings is 1. The summed E-state index contributed by atoms with van der Waals surface area (Å²) in [5.41, 5.74) is 0.428. The standard InChI is InChI=1S/C19H20ClNO5S/c1-10-21-19(18(25-10)17(24)16(23)14(9-22)26-19)12-4-2-3-11(7-12)8-13-5-6-15(20)27-13/h2-7,14,16-18,22-24H,8-9H2,1H3/t14-,16-,17+,18?,19?/m1/s1. The van der Waals surface area contributed by atoms with Crippen molar-refractivity contribution in [2.24, 2.45) is 4.99 Å². The molecule has 0 saturated carbocycles. The Balaban J connectivity index is 1.72. The highest BCUT2D eigenvalue weighted by Crippen LogP contribution is 2.45. The fourth-order valence-corrected chi connectivity index (χ4v) is 4.80. The van der Waals surface area contributed by atoms with Crippen molar-refractivity contribution in [3.63, 3.8) is 0 Å². The third kappa shape index (κ3) is 3.29. The Hall–Kier alpha value is -1.48. The van der Waals surface area contributed by atoms with Crippen LogP contribution < -0.4 is 0 Å². The number of ether oxygens (including phenoxy) is 2. The van der Waals surface area contributed by atoms with E-state index in [1.165, 1.54) is 11.3 Å². The van der Waals surface area contributed by atoms with Gasteiger partial charge in [0.25, 0.3) is 0 Å². The van der Waals surface area contributed by atoms with Crippen LogP contribution in [0.4, 0.5) is 0 Å². The van der Waals surface area contributed by atoms with Gasteiger partial charge >= 0.3 is 0 Å².